The summed E-state index contributed by atoms with van der Waals surface area (Å²) in [5, 5.41) is 6.13. The van der Waals surface area contributed by atoms with Crippen LogP contribution in [0.1, 0.15) is 17.4 Å². The maximum Gasteiger partial charge on any atom is 0.204 e. The predicted octanol–water partition coefficient (Wildman–Crippen LogP) is 10.7. The molecule has 4 nitrogen and oxygen atoms in total. The minimum Gasteiger partial charge on any atom is -0.331 e. The maximum absolute atomic E-state index is 5.33. The third-order valence-corrected chi connectivity index (χ3v) is 9.27. The first-order valence-corrected chi connectivity index (χ1v) is 16.6. The molecule has 0 aliphatic carbocycles. The summed E-state index contributed by atoms with van der Waals surface area (Å²) in [6, 6.07) is 64.0. The van der Waals surface area contributed by atoms with Crippen LogP contribution in [0.2, 0.25) is 0 Å². The third-order valence-electron chi connectivity index (χ3n) is 9.27. The fourth-order valence-corrected chi connectivity index (χ4v) is 6.91. The van der Waals surface area contributed by atoms with E-state index in [0.29, 0.717) is 5.84 Å². The molecule has 49 heavy (non-hydrogen) atoms. The van der Waals surface area contributed by atoms with Crippen molar-refractivity contribution in [2.45, 2.75) is 6.29 Å². The van der Waals surface area contributed by atoms with Crippen molar-refractivity contribution < 1.29 is 0 Å². The molecule has 0 bridgehead atoms. The van der Waals surface area contributed by atoms with E-state index in [2.05, 4.69) is 168 Å². The Kier molecular flexibility index (Phi) is 7.17. The van der Waals surface area contributed by atoms with Gasteiger partial charge in [-0.05, 0) is 46.0 Å². The van der Waals surface area contributed by atoms with Crippen LogP contribution in [0.5, 0.6) is 0 Å². The topological polar surface area (TPSA) is 41.7 Å². The third kappa shape index (κ3) is 5.30. The van der Waals surface area contributed by atoms with Crippen LogP contribution in [0.15, 0.2) is 192 Å². The molecule has 1 aromatic heterocycles. The lowest BCUT2D eigenvalue weighted by molar-refractivity contribution is 0.516. The number of hydrogen-bond acceptors (Lipinski definition) is 3. The lowest BCUT2D eigenvalue weighted by Gasteiger charge is -2.26. The van der Waals surface area contributed by atoms with Crippen LogP contribution in [-0.4, -0.2) is 16.2 Å². The van der Waals surface area contributed by atoms with Gasteiger partial charge in [0.1, 0.15) is 5.84 Å². The molecule has 0 radical (unpaired) electrons. The summed E-state index contributed by atoms with van der Waals surface area (Å²) in [6.45, 7) is 0. The number of amidine groups is 2. The van der Waals surface area contributed by atoms with Crippen LogP contribution >= 0.6 is 0 Å². The van der Waals surface area contributed by atoms with E-state index in [4.69, 9.17) is 9.98 Å². The van der Waals surface area contributed by atoms with Gasteiger partial charge in [-0.25, -0.2) is 9.98 Å². The van der Waals surface area contributed by atoms with Crippen LogP contribution < -0.4 is 5.32 Å². The average Bonchev–Trinajstić information content (AvgIpc) is 3.53. The Morgan fingerprint density at radius 1 is 0.429 bits per heavy atom. The van der Waals surface area contributed by atoms with Gasteiger partial charge in [-0.1, -0.05) is 164 Å². The van der Waals surface area contributed by atoms with Crippen molar-refractivity contribution in [3.63, 3.8) is 0 Å². The van der Waals surface area contributed by atoms with Gasteiger partial charge >= 0.3 is 0 Å². The molecule has 0 saturated carbocycles. The number of aliphatic imine (C=N–C) groups is 2. The van der Waals surface area contributed by atoms with Crippen LogP contribution in [0.25, 0.3) is 55.2 Å². The number of nitrogens with one attached hydrogen (secondary N) is 1. The van der Waals surface area contributed by atoms with E-state index < -0.39 is 6.29 Å². The van der Waals surface area contributed by atoms with Crippen molar-refractivity contribution in [2.75, 3.05) is 0 Å². The maximum atomic E-state index is 5.33. The van der Waals surface area contributed by atoms with Gasteiger partial charge in [0.2, 0.25) is 6.29 Å². The van der Waals surface area contributed by atoms with E-state index >= 15 is 0 Å². The highest BCUT2D eigenvalue weighted by molar-refractivity contribution is 6.16. The molecule has 8 aromatic rings. The molecule has 9 rings (SSSR count). The lowest BCUT2D eigenvalue weighted by atomic mass is 9.95. The fourth-order valence-electron chi connectivity index (χ4n) is 6.91. The van der Waals surface area contributed by atoms with Gasteiger partial charge in [0.15, 0.2) is 5.84 Å². The smallest absolute Gasteiger partial charge is 0.204 e. The number of fused-ring (bicyclic) bond motifs is 3. The molecule has 0 amide bonds. The standard InChI is InChI=1S/C45H32N4/c1-5-15-31(16-6-1)33-25-27-36(28-26-33)44-46-43(35-21-11-4-12-22-35)47-45(48-44)49-41-24-14-13-23-38(41)40-30-37(32-17-7-2-8-18-32)29-39(42(40)49)34-19-9-3-10-20-34/h1-30,45H,(H,46,47,48). The second-order valence-electron chi connectivity index (χ2n) is 12.3. The van der Waals surface area contributed by atoms with Gasteiger partial charge in [-0.15, -0.1) is 0 Å². The molecule has 1 aliphatic heterocycles. The van der Waals surface area contributed by atoms with Crippen LogP contribution in [0, 0.1) is 0 Å². The monoisotopic (exact) mass is 628 g/mol. The Morgan fingerprint density at radius 2 is 0.939 bits per heavy atom. The minimum atomic E-state index is -0.455. The number of para-hydroxylation sites is 1. The molecule has 232 valence electrons. The lowest BCUT2D eigenvalue weighted by Crippen LogP contribution is -2.36. The van der Waals surface area contributed by atoms with Crippen LogP contribution in [0.3, 0.4) is 0 Å². The van der Waals surface area contributed by atoms with E-state index in [0.717, 1.165) is 39.1 Å². The highest BCUT2D eigenvalue weighted by atomic mass is 15.3. The molecule has 1 unspecified atom stereocenters. The molecule has 1 N–H and O–H groups in total. The zero-order valence-electron chi connectivity index (χ0n) is 26.7. The number of benzene rings is 7. The Labute approximate surface area is 285 Å². The Bertz CT molecular complexity index is 2480. The molecule has 0 saturated heterocycles. The van der Waals surface area contributed by atoms with Crippen molar-refractivity contribution in [3.8, 4) is 33.4 Å². The zero-order chi connectivity index (χ0) is 32.6. The summed E-state index contributed by atoms with van der Waals surface area (Å²) < 4.78 is 2.36. The normalized spacial score (nSPS) is 14.3. The minimum absolute atomic E-state index is 0.455. The molecule has 4 heteroatoms. The van der Waals surface area contributed by atoms with E-state index in [-0.39, 0.29) is 0 Å². The van der Waals surface area contributed by atoms with Crippen LogP contribution in [-0.2, 0) is 0 Å². The molecule has 1 atom stereocenters. The van der Waals surface area contributed by atoms with Crippen molar-refractivity contribution in [2.24, 2.45) is 9.98 Å². The number of rotatable bonds is 6. The van der Waals surface area contributed by atoms with Crippen LogP contribution in [0.4, 0.5) is 0 Å². The molecule has 0 spiro atoms. The Hall–Kier alpha value is -6.52. The average molecular weight is 629 g/mol. The van der Waals surface area contributed by atoms with Gasteiger partial charge in [-0.3, -0.25) is 0 Å². The van der Waals surface area contributed by atoms with E-state index in [9.17, 15) is 0 Å². The molecule has 7 aromatic carbocycles. The first-order valence-electron chi connectivity index (χ1n) is 16.6. The van der Waals surface area contributed by atoms with Gasteiger partial charge in [-0.2, -0.15) is 0 Å². The SMILES string of the molecule is c1ccc(C2=NC(n3c4ccccc4c4cc(-c5ccccc5)cc(-c5ccccc5)c43)NC(c3ccc(-c4ccccc4)cc3)=N2)cc1. The second-order valence-corrected chi connectivity index (χ2v) is 12.3. The summed E-state index contributed by atoms with van der Waals surface area (Å²) >= 11 is 0. The van der Waals surface area contributed by atoms with Gasteiger partial charge in [0.05, 0.1) is 11.0 Å². The number of nitrogens with zero attached hydrogens (tertiary/aromatic N) is 3. The molecule has 2 heterocycles. The quantitative estimate of drug-likeness (QED) is 0.196. The van der Waals surface area contributed by atoms with E-state index in [1.54, 1.807) is 0 Å². The van der Waals surface area contributed by atoms with Crippen molar-refractivity contribution in [1.29, 1.82) is 0 Å². The summed E-state index contributed by atoms with van der Waals surface area (Å²) in [6.07, 6.45) is -0.455. The highest BCUT2D eigenvalue weighted by Crippen LogP contribution is 2.41. The second kappa shape index (κ2) is 12.3. The highest BCUT2D eigenvalue weighted by Gasteiger charge is 2.26. The molecular weight excluding hydrogens is 597 g/mol. The molecule has 1 aliphatic rings. The zero-order valence-corrected chi connectivity index (χ0v) is 26.7. The first-order chi connectivity index (χ1) is 24.3. The summed E-state index contributed by atoms with van der Waals surface area (Å²) in [4.78, 5) is 10.5. The van der Waals surface area contributed by atoms with E-state index in [1.165, 1.54) is 33.0 Å². The van der Waals surface area contributed by atoms with Gasteiger partial charge in [0.25, 0.3) is 0 Å². The van der Waals surface area contributed by atoms with Crippen molar-refractivity contribution >= 4 is 33.5 Å². The Balaban J connectivity index is 1.26. The van der Waals surface area contributed by atoms with Crippen molar-refractivity contribution in [1.82, 2.24) is 9.88 Å². The van der Waals surface area contributed by atoms with Gasteiger partial charge in [0, 0.05) is 27.5 Å². The largest absolute Gasteiger partial charge is 0.331 e. The Morgan fingerprint density at radius 3 is 1.59 bits per heavy atom. The number of hydrogen-bond donors (Lipinski definition) is 1. The van der Waals surface area contributed by atoms with E-state index in [1.807, 2.05) is 24.3 Å². The molecular formula is C45H32N4. The van der Waals surface area contributed by atoms with Gasteiger partial charge < -0.3 is 9.88 Å². The molecule has 0 fully saturated rings. The summed E-state index contributed by atoms with van der Waals surface area (Å²) in [5.74, 6) is 1.48. The number of aromatic nitrogens is 1. The first kappa shape index (κ1) is 28.7. The van der Waals surface area contributed by atoms with Crippen molar-refractivity contribution in [3.05, 3.63) is 193 Å². The fraction of sp³-hybridized carbons (Fsp3) is 0.0222. The summed E-state index contributed by atoms with van der Waals surface area (Å²) in [5.41, 5.74) is 11.2. The predicted molar refractivity (Wildman–Crippen MR) is 204 cm³/mol. The summed E-state index contributed by atoms with van der Waals surface area (Å²) in [7, 11) is 0.